The highest BCUT2D eigenvalue weighted by Crippen LogP contribution is 2.47. The van der Waals surface area contributed by atoms with Gasteiger partial charge in [-0.15, -0.1) is 0 Å². The summed E-state index contributed by atoms with van der Waals surface area (Å²) in [6, 6.07) is 5.62. The van der Waals surface area contributed by atoms with Gasteiger partial charge in [-0.2, -0.15) is 0 Å². The van der Waals surface area contributed by atoms with E-state index in [4.69, 9.17) is 22.7 Å². The Bertz CT molecular complexity index is 510. The van der Waals surface area contributed by atoms with Crippen molar-refractivity contribution in [3.05, 3.63) is 23.8 Å². The summed E-state index contributed by atoms with van der Waals surface area (Å²) in [4.78, 5) is 12.5. The zero-order chi connectivity index (χ0) is 13.3. The largest absolute Gasteiger partial charge is 0.495 e. The van der Waals surface area contributed by atoms with Crippen molar-refractivity contribution in [1.82, 2.24) is 0 Å². The molecule has 0 atom stereocenters. The number of aryl methyl sites for hydroxylation is 1. The number of carbonyl (C=O) groups excluding carboxylic acids is 1. The van der Waals surface area contributed by atoms with Crippen LogP contribution in [0.2, 0.25) is 0 Å². The fraction of sp³-hybridized carbons (Fsp3) is 0.385. The van der Waals surface area contributed by atoms with Crippen LogP contribution in [0.15, 0.2) is 18.2 Å². The molecule has 0 radical (unpaired) electrons. The molecule has 96 valence electrons. The third-order valence-electron chi connectivity index (χ3n) is 3.26. The Labute approximate surface area is 112 Å². The van der Waals surface area contributed by atoms with Gasteiger partial charge >= 0.3 is 0 Å². The van der Waals surface area contributed by atoms with E-state index in [9.17, 15) is 4.79 Å². The average molecular weight is 264 g/mol. The maximum Gasteiger partial charge on any atom is 0.237 e. The summed E-state index contributed by atoms with van der Waals surface area (Å²) in [5.74, 6) is 0.492. The van der Waals surface area contributed by atoms with Gasteiger partial charge in [0, 0.05) is 0 Å². The summed E-state index contributed by atoms with van der Waals surface area (Å²) in [5, 5.41) is 2.85. The van der Waals surface area contributed by atoms with E-state index in [0.717, 1.165) is 18.4 Å². The van der Waals surface area contributed by atoms with E-state index in [1.807, 2.05) is 25.1 Å². The first-order valence-corrected chi connectivity index (χ1v) is 6.16. The van der Waals surface area contributed by atoms with Crippen molar-refractivity contribution in [2.75, 3.05) is 12.4 Å². The van der Waals surface area contributed by atoms with Gasteiger partial charge < -0.3 is 15.8 Å². The van der Waals surface area contributed by atoms with E-state index in [-0.39, 0.29) is 10.9 Å². The molecular weight excluding hydrogens is 248 g/mol. The standard InChI is InChI=1S/C13H16N2O2S/c1-8-3-4-10(17-2)9(7-8)15-12(16)13(5-6-13)11(14)18/h3-4,7H,5-6H2,1-2H3,(H2,14,18)(H,15,16). The molecule has 3 N–H and O–H groups in total. The maximum atomic E-state index is 12.2. The number of carbonyl (C=O) groups is 1. The van der Waals surface area contributed by atoms with E-state index in [1.165, 1.54) is 0 Å². The van der Waals surface area contributed by atoms with Crippen LogP contribution in [0.1, 0.15) is 18.4 Å². The number of hydrogen-bond acceptors (Lipinski definition) is 3. The smallest absolute Gasteiger partial charge is 0.237 e. The minimum Gasteiger partial charge on any atom is -0.495 e. The van der Waals surface area contributed by atoms with E-state index < -0.39 is 5.41 Å². The van der Waals surface area contributed by atoms with Gasteiger partial charge in [-0.1, -0.05) is 18.3 Å². The number of rotatable bonds is 4. The van der Waals surface area contributed by atoms with E-state index in [1.54, 1.807) is 7.11 Å². The maximum absolute atomic E-state index is 12.2. The van der Waals surface area contributed by atoms with Crippen molar-refractivity contribution in [2.24, 2.45) is 11.1 Å². The predicted molar refractivity (Wildman–Crippen MR) is 74.8 cm³/mol. The van der Waals surface area contributed by atoms with Crippen LogP contribution in [0, 0.1) is 12.3 Å². The zero-order valence-corrected chi connectivity index (χ0v) is 11.3. The zero-order valence-electron chi connectivity index (χ0n) is 10.4. The van der Waals surface area contributed by atoms with Gasteiger partial charge in [0.1, 0.15) is 5.75 Å². The van der Waals surface area contributed by atoms with Crippen molar-refractivity contribution in [3.63, 3.8) is 0 Å². The lowest BCUT2D eigenvalue weighted by molar-refractivity contribution is -0.118. The number of benzene rings is 1. The van der Waals surface area contributed by atoms with Crippen molar-refractivity contribution in [1.29, 1.82) is 0 Å². The molecule has 0 saturated heterocycles. The summed E-state index contributed by atoms with van der Waals surface area (Å²) < 4.78 is 5.22. The van der Waals surface area contributed by atoms with E-state index in [2.05, 4.69) is 5.32 Å². The molecule has 18 heavy (non-hydrogen) atoms. The van der Waals surface area contributed by atoms with Gasteiger partial charge in [0.25, 0.3) is 0 Å². The molecule has 0 bridgehead atoms. The number of anilines is 1. The number of nitrogens with one attached hydrogen (secondary N) is 1. The van der Waals surface area contributed by atoms with Gasteiger partial charge in [-0.05, 0) is 37.5 Å². The molecule has 2 rings (SSSR count). The molecule has 1 aliphatic carbocycles. The van der Waals surface area contributed by atoms with Crippen molar-refractivity contribution in [2.45, 2.75) is 19.8 Å². The van der Waals surface area contributed by atoms with Crippen LogP contribution in [-0.2, 0) is 4.79 Å². The molecule has 0 heterocycles. The minimum absolute atomic E-state index is 0.140. The number of ether oxygens (including phenoxy) is 1. The first kappa shape index (κ1) is 12.8. The molecule has 1 amide bonds. The molecule has 5 heteroatoms. The quantitative estimate of drug-likeness (QED) is 0.817. The van der Waals surface area contributed by atoms with Crippen LogP contribution >= 0.6 is 12.2 Å². The summed E-state index contributed by atoms with van der Waals surface area (Å²) in [7, 11) is 1.57. The van der Waals surface area contributed by atoms with Crippen LogP contribution < -0.4 is 15.8 Å². The third kappa shape index (κ3) is 2.18. The fourth-order valence-corrected chi connectivity index (χ4v) is 2.17. The first-order chi connectivity index (χ1) is 8.49. The highest BCUT2D eigenvalue weighted by atomic mass is 32.1. The Balaban J connectivity index is 2.22. The van der Waals surface area contributed by atoms with Crippen molar-refractivity contribution < 1.29 is 9.53 Å². The molecular formula is C13H16N2O2S. The molecule has 0 aliphatic heterocycles. The lowest BCUT2D eigenvalue weighted by Gasteiger charge is -2.16. The fourth-order valence-electron chi connectivity index (χ4n) is 1.87. The number of amides is 1. The van der Waals surface area contributed by atoms with Gasteiger partial charge in [-0.25, -0.2) is 0 Å². The number of nitrogens with two attached hydrogens (primary N) is 1. The van der Waals surface area contributed by atoms with Gasteiger partial charge in [-0.3, -0.25) is 4.79 Å². The Hall–Kier alpha value is -1.62. The predicted octanol–water partition coefficient (Wildman–Crippen LogP) is 2.01. The van der Waals surface area contributed by atoms with Crippen LogP contribution in [0.3, 0.4) is 0 Å². The summed E-state index contributed by atoms with van der Waals surface area (Å²) in [6.07, 6.45) is 1.45. The topological polar surface area (TPSA) is 64.3 Å². The Kier molecular flexibility index (Phi) is 3.26. The Morgan fingerprint density at radius 1 is 1.50 bits per heavy atom. The summed E-state index contributed by atoms with van der Waals surface area (Å²) >= 11 is 4.96. The second kappa shape index (κ2) is 4.57. The Morgan fingerprint density at radius 3 is 2.67 bits per heavy atom. The molecule has 0 aromatic heterocycles. The van der Waals surface area contributed by atoms with E-state index in [0.29, 0.717) is 11.4 Å². The van der Waals surface area contributed by atoms with Gasteiger partial charge in [0.05, 0.1) is 23.2 Å². The molecule has 1 aromatic rings. The second-order valence-corrected chi connectivity index (χ2v) is 5.04. The highest BCUT2D eigenvalue weighted by molar-refractivity contribution is 7.80. The summed E-state index contributed by atoms with van der Waals surface area (Å²) in [6.45, 7) is 1.95. The Morgan fingerprint density at radius 2 is 2.17 bits per heavy atom. The average Bonchev–Trinajstić information content (AvgIpc) is 3.10. The molecule has 1 aliphatic rings. The monoisotopic (exact) mass is 264 g/mol. The van der Waals surface area contributed by atoms with Crippen LogP contribution in [0.4, 0.5) is 5.69 Å². The van der Waals surface area contributed by atoms with Gasteiger partial charge in [0.15, 0.2) is 0 Å². The lowest BCUT2D eigenvalue weighted by atomic mass is 10.1. The highest BCUT2D eigenvalue weighted by Gasteiger charge is 2.52. The normalized spacial score (nSPS) is 15.9. The van der Waals surface area contributed by atoms with Crippen LogP contribution in [-0.4, -0.2) is 18.0 Å². The van der Waals surface area contributed by atoms with Crippen molar-refractivity contribution >= 4 is 28.8 Å². The molecule has 4 nitrogen and oxygen atoms in total. The van der Waals surface area contributed by atoms with Crippen LogP contribution in [0.5, 0.6) is 5.75 Å². The van der Waals surface area contributed by atoms with Crippen LogP contribution in [0.25, 0.3) is 0 Å². The minimum atomic E-state index is -0.649. The number of hydrogen-bond donors (Lipinski definition) is 2. The molecule has 0 unspecified atom stereocenters. The van der Waals surface area contributed by atoms with Gasteiger partial charge in [0.2, 0.25) is 5.91 Å². The third-order valence-corrected chi connectivity index (χ3v) is 3.65. The number of thiocarbonyl (C=S) groups is 1. The second-order valence-electron chi connectivity index (χ2n) is 4.60. The molecule has 1 fully saturated rings. The first-order valence-electron chi connectivity index (χ1n) is 5.75. The molecule has 1 aromatic carbocycles. The van der Waals surface area contributed by atoms with Crippen molar-refractivity contribution in [3.8, 4) is 5.75 Å². The lowest BCUT2D eigenvalue weighted by Crippen LogP contribution is -2.35. The summed E-state index contributed by atoms with van der Waals surface area (Å²) in [5.41, 5.74) is 6.68. The number of methoxy groups -OCH3 is 1. The molecule has 0 spiro atoms. The molecule has 1 saturated carbocycles. The van der Waals surface area contributed by atoms with E-state index >= 15 is 0 Å². The SMILES string of the molecule is COc1ccc(C)cc1NC(=O)C1(C(N)=S)CC1.